The van der Waals surface area contributed by atoms with E-state index in [1.54, 1.807) is 35.2 Å². The average molecular weight is 563 g/mol. The molecule has 212 valence electrons. The molecule has 0 bridgehead atoms. The van der Waals surface area contributed by atoms with Crippen LogP contribution in [0.2, 0.25) is 0 Å². The molecule has 1 fully saturated rings. The smallest absolute Gasteiger partial charge is 0.350 e. The van der Waals surface area contributed by atoms with Crippen molar-refractivity contribution in [1.82, 2.24) is 4.90 Å². The molecule has 0 unspecified atom stereocenters. The van der Waals surface area contributed by atoms with Crippen molar-refractivity contribution in [2.75, 3.05) is 18.6 Å². The molecule has 2 heterocycles. The molecule has 0 saturated heterocycles. The maximum absolute atomic E-state index is 14.1. The fourth-order valence-electron chi connectivity index (χ4n) is 5.27. The molecule has 1 saturated carbocycles. The summed E-state index contributed by atoms with van der Waals surface area (Å²) < 4.78 is 5.10. The molecule has 3 amide bonds. The zero-order chi connectivity index (χ0) is 29.2. The Bertz CT molecular complexity index is 1330. The topological polar surface area (TPSA) is 84.0 Å². The van der Waals surface area contributed by atoms with Crippen molar-refractivity contribution in [1.29, 1.82) is 0 Å². The maximum atomic E-state index is 14.1. The first-order valence-corrected chi connectivity index (χ1v) is 14.8. The van der Waals surface area contributed by atoms with Gasteiger partial charge in [0.2, 0.25) is 5.91 Å². The van der Waals surface area contributed by atoms with Crippen molar-refractivity contribution < 1.29 is 23.9 Å². The maximum Gasteiger partial charge on any atom is 0.350 e. The zero-order valence-corrected chi connectivity index (χ0v) is 25.0. The highest BCUT2D eigenvalue weighted by atomic mass is 32.1. The first-order chi connectivity index (χ1) is 18.9. The van der Waals surface area contributed by atoms with Gasteiger partial charge in [0.25, 0.3) is 11.8 Å². The number of thiophene rings is 1. The predicted molar refractivity (Wildman–Crippen MR) is 156 cm³/mol. The molecule has 8 heteroatoms. The lowest BCUT2D eigenvalue weighted by Gasteiger charge is -2.35. The quantitative estimate of drug-likeness (QED) is 0.229. The van der Waals surface area contributed by atoms with Crippen LogP contribution < -0.4 is 4.90 Å². The van der Waals surface area contributed by atoms with Gasteiger partial charge in [0.05, 0.1) is 28.8 Å². The molecule has 1 aliphatic heterocycles. The molecule has 40 heavy (non-hydrogen) atoms. The van der Waals surface area contributed by atoms with E-state index >= 15 is 0 Å². The Morgan fingerprint density at radius 1 is 1.10 bits per heavy atom. The number of carbonyl (C=O) groups is 4. The number of rotatable bonds is 7. The standard InChI is InChI=1S/C32H38N2O5S/c1-20-11-13-22(14-12-20)28(35)34(26-19-23(15-17-32(3,4)5)40-27(26)31(38)39-6)21(2)16-18-33-29(36)24-9-7-8-10-25(24)30(33)37/h7-10,19-22H,11-14,16,18H2,1-6H3/t20?,21-,22?/m0/s1. The summed E-state index contributed by atoms with van der Waals surface area (Å²) in [6.07, 6.45) is 3.89. The summed E-state index contributed by atoms with van der Waals surface area (Å²) >= 11 is 1.22. The second-order valence-corrected chi connectivity index (χ2v) is 13.0. The summed E-state index contributed by atoms with van der Waals surface area (Å²) in [6, 6.07) is 8.22. The van der Waals surface area contributed by atoms with Crippen LogP contribution >= 0.6 is 11.3 Å². The van der Waals surface area contributed by atoms with Gasteiger partial charge in [0.1, 0.15) is 4.88 Å². The summed E-state index contributed by atoms with van der Waals surface area (Å²) in [5.41, 5.74) is 1.05. The molecule has 0 radical (unpaired) electrons. The molecule has 1 aliphatic carbocycles. The van der Waals surface area contributed by atoms with Crippen molar-refractivity contribution >= 4 is 40.7 Å². The number of benzene rings is 1. The van der Waals surface area contributed by atoms with Gasteiger partial charge in [-0.1, -0.05) is 30.9 Å². The van der Waals surface area contributed by atoms with Gasteiger partial charge in [-0.2, -0.15) is 0 Å². The molecular formula is C32H38N2O5S. The highest BCUT2D eigenvalue weighted by Crippen LogP contribution is 2.37. The lowest BCUT2D eigenvalue weighted by molar-refractivity contribution is -0.124. The third kappa shape index (κ3) is 6.31. The van der Waals surface area contributed by atoms with E-state index < -0.39 is 12.0 Å². The molecule has 1 atom stereocenters. The molecule has 0 spiro atoms. The summed E-state index contributed by atoms with van der Waals surface area (Å²) in [4.78, 5) is 56.9. The largest absolute Gasteiger partial charge is 0.465 e. The van der Waals surface area contributed by atoms with Crippen LogP contribution in [0.1, 0.15) is 102 Å². The molecule has 1 aromatic heterocycles. The Morgan fingerprint density at radius 2 is 1.70 bits per heavy atom. The number of ether oxygens (including phenoxy) is 1. The van der Waals surface area contributed by atoms with Crippen molar-refractivity contribution in [2.45, 2.75) is 72.8 Å². The van der Waals surface area contributed by atoms with E-state index in [0.29, 0.717) is 38.9 Å². The van der Waals surface area contributed by atoms with Gasteiger partial charge in [0.15, 0.2) is 0 Å². The highest BCUT2D eigenvalue weighted by Gasteiger charge is 2.38. The minimum absolute atomic E-state index is 0.0416. The number of esters is 1. The number of carbonyl (C=O) groups excluding carboxylic acids is 4. The Hall–Kier alpha value is -3.44. The zero-order valence-electron chi connectivity index (χ0n) is 24.2. The summed E-state index contributed by atoms with van der Waals surface area (Å²) in [5, 5.41) is 0. The monoisotopic (exact) mass is 562 g/mol. The normalized spacial score (nSPS) is 19.5. The number of nitrogens with zero attached hydrogens (tertiary/aromatic N) is 2. The van der Waals surface area contributed by atoms with Gasteiger partial charge in [-0.15, -0.1) is 11.3 Å². The van der Waals surface area contributed by atoms with Crippen molar-refractivity contribution in [3.05, 3.63) is 51.2 Å². The van der Waals surface area contributed by atoms with Crippen LogP contribution in [0.4, 0.5) is 5.69 Å². The van der Waals surface area contributed by atoms with E-state index in [0.717, 1.165) is 25.7 Å². The Labute approximate surface area is 240 Å². The predicted octanol–water partition coefficient (Wildman–Crippen LogP) is 6.17. The lowest BCUT2D eigenvalue weighted by atomic mass is 9.82. The van der Waals surface area contributed by atoms with Crippen LogP contribution in [-0.4, -0.2) is 48.3 Å². The van der Waals surface area contributed by atoms with Crippen molar-refractivity contribution in [3.8, 4) is 11.8 Å². The minimum atomic E-state index is -0.522. The number of imide groups is 1. The molecule has 0 N–H and O–H groups in total. The van der Waals surface area contributed by atoms with Gasteiger partial charge in [-0.05, 0) is 83.9 Å². The van der Waals surface area contributed by atoms with Gasteiger partial charge < -0.3 is 9.64 Å². The fraction of sp³-hybridized carbons (Fsp3) is 0.500. The van der Waals surface area contributed by atoms with Crippen LogP contribution in [0.5, 0.6) is 0 Å². The summed E-state index contributed by atoms with van der Waals surface area (Å²) in [7, 11) is 1.33. The van der Waals surface area contributed by atoms with Crippen LogP contribution in [0, 0.1) is 29.1 Å². The Morgan fingerprint density at radius 3 is 2.25 bits per heavy atom. The number of hydrogen-bond donors (Lipinski definition) is 0. The molecule has 7 nitrogen and oxygen atoms in total. The number of fused-ring (bicyclic) bond motifs is 1. The number of hydrogen-bond acceptors (Lipinski definition) is 6. The van der Waals surface area contributed by atoms with Gasteiger partial charge in [-0.3, -0.25) is 19.3 Å². The van der Waals surface area contributed by atoms with Gasteiger partial charge >= 0.3 is 5.97 Å². The van der Waals surface area contributed by atoms with E-state index in [4.69, 9.17) is 4.74 Å². The second kappa shape index (κ2) is 12.0. The van der Waals surface area contributed by atoms with E-state index in [1.807, 2.05) is 27.7 Å². The lowest BCUT2D eigenvalue weighted by Crippen LogP contribution is -2.45. The fourth-order valence-corrected chi connectivity index (χ4v) is 6.20. The average Bonchev–Trinajstić information content (AvgIpc) is 3.45. The second-order valence-electron chi connectivity index (χ2n) is 11.9. The minimum Gasteiger partial charge on any atom is -0.465 e. The first-order valence-electron chi connectivity index (χ1n) is 13.9. The number of anilines is 1. The Balaban J connectivity index is 1.67. The van der Waals surface area contributed by atoms with Crippen LogP contribution in [0.3, 0.4) is 0 Å². The van der Waals surface area contributed by atoms with Crippen molar-refractivity contribution in [2.24, 2.45) is 17.3 Å². The first kappa shape index (κ1) is 29.5. The third-order valence-electron chi connectivity index (χ3n) is 7.60. The van der Waals surface area contributed by atoms with E-state index in [9.17, 15) is 19.2 Å². The van der Waals surface area contributed by atoms with Gasteiger partial charge in [-0.25, -0.2) is 4.79 Å². The summed E-state index contributed by atoms with van der Waals surface area (Å²) in [6.45, 7) is 10.3. The van der Waals surface area contributed by atoms with Gasteiger partial charge in [0, 0.05) is 23.9 Å². The number of amides is 3. The molecule has 2 aromatic rings. The SMILES string of the molecule is COC(=O)c1sc(C#CC(C)(C)C)cc1N(C(=O)C1CCC(C)CC1)[C@@H](C)CCN1C(=O)c2ccccc2C1=O. The molecule has 2 aliphatic rings. The van der Waals surface area contributed by atoms with Crippen LogP contribution in [0.15, 0.2) is 30.3 Å². The van der Waals surface area contributed by atoms with Crippen LogP contribution in [0.25, 0.3) is 0 Å². The van der Waals surface area contributed by atoms with E-state index in [1.165, 1.54) is 23.3 Å². The summed E-state index contributed by atoms with van der Waals surface area (Å²) in [5.74, 6) is 5.58. The van der Waals surface area contributed by atoms with Crippen LogP contribution in [-0.2, 0) is 9.53 Å². The molecular weight excluding hydrogens is 524 g/mol. The molecule has 1 aromatic carbocycles. The third-order valence-corrected chi connectivity index (χ3v) is 8.62. The number of methoxy groups -OCH3 is 1. The van der Waals surface area contributed by atoms with E-state index in [2.05, 4.69) is 18.8 Å². The Kier molecular flexibility index (Phi) is 8.84. The highest BCUT2D eigenvalue weighted by molar-refractivity contribution is 7.15. The molecule has 4 rings (SSSR count). The van der Waals surface area contributed by atoms with E-state index in [-0.39, 0.29) is 35.6 Å². The van der Waals surface area contributed by atoms with Crippen molar-refractivity contribution in [3.63, 3.8) is 0 Å².